The molecular weight excluding hydrogens is 196 g/mol. The molecule has 0 aliphatic rings. The van der Waals surface area contributed by atoms with E-state index >= 15 is 0 Å². The van der Waals surface area contributed by atoms with Gasteiger partial charge in [-0.05, 0) is 6.42 Å². The number of thioether (sulfide) groups is 1. The maximum Gasteiger partial charge on any atom is 0.118 e. The molecule has 1 heterocycles. The fourth-order valence-electron chi connectivity index (χ4n) is 0.641. The molecule has 0 fully saturated rings. The minimum atomic E-state index is 0.204. The van der Waals surface area contributed by atoms with Gasteiger partial charge < -0.3 is 5.11 Å². The fraction of sp³-hybridized carbons (Fsp3) is 0.429. The average molecular weight is 205 g/mol. The number of aliphatic hydroxyl groups is 1. The summed E-state index contributed by atoms with van der Waals surface area (Å²) in [5, 5.41) is 9.88. The Morgan fingerprint density at radius 2 is 2.42 bits per heavy atom. The van der Waals surface area contributed by atoms with Gasteiger partial charge in [-0.3, -0.25) is 0 Å². The first-order valence-corrected chi connectivity index (χ1v) is 4.90. The molecule has 0 spiro atoms. The molecule has 0 unspecified atom stereocenters. The summed E-state index contributed by atoms with van der Waals surface area (Å²) >= 11 is 7.32. The number of rotatable bonds is 4. The largest absolute Gasteiger partial charge is 0.396 e. The van der Waals surface area contributed by atoms with E-state index < -0.39 is 0 Å². The van der Waals surface area contributed by atoms with Crippen molar-refractivity contribution in [2.45, 2.75) is 11.4 Å². The van der Waals surface area contributed by atoms with Gasteiger partial charge in [0.2, 0.25) is 0 Å². The van der Waals surface area contributed by atoms with Crippen LogP contribution in [0.3, 0.4) is 0 Å². The second-order valence-corrected chi connectivity index (χ2v) is 3.59. The number of halogens is 1. The topological polar surface area (TPSA) is 46.0 Å². The predicted octanol–water partition coefficient (Wildman–Crippen LogP) is 1.60. The van der Waals surface area contributed by atoms with E-state index in [1.165, 1.54) is 18.1 Å². The molecule has 0 bridgehead atoms. The highest BCUT2D eigenvalue weighted by molar-refractivity contribution is 7.99. The van der Waals surface area contributed by atoms with Crippen molar-refractivity contribution >= 4 is 23.4 Å². The molecule has 66 valence electrons. The summed E-state index contributed by atoms with van der Waals surface area (Å²) < 4.78 is 0. The molecular formula is C7H9ClN2OS. The maximum atomic E-state index is 8.53. The van der Waals surface area contributed by atoms with Crippen LogP contribution in [-0.2, 0) is 0 Å². The summed E-state index contributed by atoms with van der Waals surface area (Å²) in [6.07, 6.45) is 3.79. The van der Waals surface area contributed by atoms with Crippen LogP contribution in [0.5, 0.6) is 0 Å². The van der Waals surface area contributed by atoms with E-state index in [0.29, 0.717) is 5.02 Å². The number of aliphatic hydroxyl groups excluding tert-OH is 1. The van der Waals surface area contributed by atoms with Crippen LogP contribution < -0.4 is 0 Å². The van der Waals surface area contributed by atoms with Crippen LogP contribution in [0.25, 0.3) is 0 Å². The Balaban J connectivity index is 2.46. The van der Waals surface area contributed by atoms with Crippen molar-refractivity contribution in [1.29, 1.82) is 0 Å². The minimum absolute atomic E-state index is 0.204. The minimum Gasteiger partial charge on any atom is -0.396 e. The van der Waals surface area contributed by atoms with Gasteiger partial charge in [0, 0.05) is 12.4 Å². The molecule has 0 aromatic carbocycles. The predicted molar refractivity (Wildman–Crippen MR) is 49.5 cm³/mol. The molecule has 0 aliphatic carbocycles. The number of hydrogen-bond donors (Lipinski definition) is 1. The van der Waals surface area contributed by atoms with E-state index in [-0.39, 0.29) is 6.61 Å². The van der Waals surface area contributed by atoms with Gasteiger partial charge >= 0.3 is 0 Å². The first-order valence-electron chi connectivity index (χ1n) is 3.53. The highest BCUT2D eigenvalue weighted by Gasteiger charge is 2.00. The van der Waals surface area contributed by atoms with E-state index in [2.05, 4.69) is 9.97 Å². The molecule has 3 nitrogen and oxygen atoms in total. The Kier molecular flexibility index (Phi) is 4.35. The molecule has 1 aromatic heterocycles. The molecule has 1 aromatic rings. The van der Waals surface area contributed by atoms with Crippen LogP contribution in [0.4, 0.5) is 0 Å². The van der Waals surface area contributed by atoms with Crippen molar-refractivity contribution in [3.05, 3.63) is 17.5 Å². The highest BCUT2D eigenvalue weighted by atomic mass is 35.5. The van der Waals surface area contributed by atoms with E-state index in [0.717, 1.165) is 17.2 Å². The van der Waals surface area contributed by atoms with E-state index in [1.807, 2.05) is 0 Å². The van der Waals surface area contributed by atoms with Gasteiger partial charge in [-0.25, -0.2) is 9.97 Å². The normalized spacial score (nSPS) is 10.2. The summed E-state index contributed by atoms with van der Waals surface area (Å²) in [7, 11) is 0. The third-order valence-corrected chi connectivity index (χ3v) is 2.66. The van der Waals surface area contributed by atoms with Gasteiger partial charge in [0.25, 0.3) is 0 Å². The standard InChI is InChI=1S/C7H9ClN2OS/c8-6-4-9-5-10-7(6)12-3-1-2-11/h4-5,11H,1-3H2. The summed E-state index contributed by atoms with van der Waals surface area (Å²) in [5.41, 5.74) is 0. The summed E-state index contributed by atoms with van der Waals surface area (Å²) in [6.45, 7) is 0.204. The molecule has 0 aliphatic heterocycles. The SMILES string of the molecule is OCCCSc1ncncc1Cl. The van der Waals surface area contributed by atoms with Crippen molar-refractivity contribution in [3.8, 4) is 0 Å². The van der Waals surface area contributed by atoms with Gasteiger partial charge in [-0.2, -0.15) is 0 Å². The lowest BCUT2D eigenvalue weighted by Crippen LogP contribution is -1.88. The lowest BCUT2D eigenvalue weighted by atomic mass is 10.5. The monoisotopic (exact) mass is 204 g/mol. The third-order valence-electron chi connectivity index (χ3n) is 1.18. The quantitative estimate of drug-likeness (QED) is 0.460. The van der Waals surface area contributed by atoms with Crippen LogP contribution in [0.15, 0.2) is 17.6 Å². The van der Waals surface area contributed by atoms with Crippen LogP contribution in [0.1, 0.15) is 6.42 Å². The molecule has 0 amide bonds. The van der Waals surface area contributed by atoms with E-state index in [9.17, 15) is 0 Å². The van der Waals surface area contributed by atoms with Crippen LogP contribution in [0.2, 0.25) is 5.02 Å². The first-order chi connectivity index (χ1) is 5.84. The lowest BCUT2D eigenvalue weighted by molar-refractivity contribution is 0.296. The van der Waals surface area contributed by atoms with Crippen molar-refractivity contribution in [2.24, 2.45) is 0 Å². The fourth-order valence-corrected chi connectivity index (χ4v) is 1.69. The Morgan fingerprint density at radius 1 is 1.58 bits per heavy atom. The second kappa shape index (κ2) is 5.35. The molecule has 0 atom stereocenters. The zero-order chi connectivity index (χ0) is 8.81. The Morgan fingerprint density at radius 3 is 3.08 bits per heavy atom. The Bertz CT molecular complexity index is 247. The second-order valence-electron chi connectivity index (χ2n) is 2.10. The zero-order valence-corrected chi connectivity index (χ0v) is 7.98. The average Bonchev–Trinajstić information content (AvgIpc) is 2.09. The first kappa shape index (κ1) is 9.77. The number of aromatic nitrogens is 2. The van der Waals surface area contributed by atoms with Crippen LogP contribution >= 0.6 is 23.4 Å². The summed E-state index contributed by atoms with van der Waals surface area (Å²) in [4.78, 5) is 7.76. The van der Waals surface area contributed by atoms with Crippen molar-refractivity contribution < 1.29 is 5.11 Å². The van der Waals surface area contributed by atoms with Gasteiger partial charge in [-0.15, -0.1) is 11.8 Å². The van der Waals surface area contributed by atoms with E-state index in [1.54, 1.807) is 6.20 Å². The van der Waals surface area contributed by atoms with Gasteiger partial charge in [0.1, 0.15) is 11.4 Å². The third kappa shape index (κ3) is 2.97. The number of nitrogens with zero attached hydrogens (tertiary/aromatic N) is 2. The molecule has 0 radical (unpaired) electrons. The van der Waals surface area contributed by atoms with Crippen LogP contribution in [0, 0.1) is 0 Å². The summed E-state index contributed by atoms with van der Waals surface area (Å²) in [6, 6.07) is 0. The Hall–Kier alpha value is -0.320. The Labute approximate surface area is 80.2 Å². The number of hydrogen-bond acceptors (Lipinski definition) is 4. The van der Waals surface area contributed by atoms with Gasteiger partial charge in [-0.1, -0.05) is 11.6 Å². The van der Waals surface area contributed by atoms with Crippen LogP contribution in [-0.4, -0.2) is 27.4 Å². The molecule has 0 saturated heterocycles. The van der Waals surface area contributed by atoms with Gasteiger partial charge in [0.15, 0.2) is 0 Å². The molecule has 1 N–H and O–H groups in total. The highest BCUT2D eigenvalue weighted by Crippen LogP contribution is 2.23. The lowest BCUT2D eigenvalue weighted by Gasteiger charge is -1.99. The van der Waals surface area contributed by atoms with Crippen molar-refractivity contribution in [1.82, 2.24) is 9.97 Å². The molecule has 0 saturated carbocycles. The van der Waals surface area contributed by atoms with Gasteiger partial charge in [0.05, 0.1) is 11.2 Å². The molecule has 12 heavy (non-hydrogen) atoms. The summed E-state index contributed by atoms with van der Waals surface area (Å²) in [5.74, 6) is 0.827. The van der Waals surface area contributed by atoms with E-state index in [4.69, 9.17) is 16.7 Å². The smallest absolute Gasteiger partial charge is 0.118 e. The van der Waals surface area contributed by atoms with Crippen molar-refractivity contribution in [3.63, 3.8) is 0 Å². The zero-order valence-electron chi connectivity index (χ0n) is 6.40. The maximum absolute atomic E-state index is 8.53. The molecule has 1 rings (SSSR count). The van der Waals surface area contributed by atoms with Crippen molar-refractivity contribution in [2.75, 3.05) is 12.4 Å². The molecule has 5 heteroatoms.